The molecule has 0 aliphatic rings. The molecule has 0 spiro atoms. The van der Waals surface area contributed by atoms with Crippen molar-refractivity contribution in [1.29, 1.82) is 0 Å². The van der Waals surface area contributed by atoms with E-state index in [4.69, 9.17) is 0 Å². The highest BCUT2D eigenvalue weighted by atomic mass is 16.1. The second kappa shape index (κ2) is 7.10. The summed E-state index contributed by atoms with van der Waals surface area (Å²) in [5.41, 5.74) is 4.17. The summed E-state index contributed by atoms with van der Waals surface area (Å²) in [5.74, 6) is 0.142. The maximum absolute atomic E-state index is 11.1. The minimum atomic E-state index is 0.142. The van der Waals surface area contributed by atoms with Gasteiger partial charge in [0.2, 0.25) is 5.91 Å². The Labute approximate surface area is 104 Å². The fourth-order valence-corrected chi connectivity index (χ4v) is 1.91. The molecule has 2 heteroatoms. The summed E-state index contributed by atoms with van der Waals surface area (Å²) in [6, 6.07) is 6.67. The highest BCUT2D eigenvalue weighted by Crippen LogP contribution is 2.13. The van der Waals surface area contributed by atoms with Crippen LogP contribution < -0.4 is 5.32 Å². The number of carbonyl (C=O) groups is 1. The number of rotatable bonds is 6. The molecule has 1 aromatic carbocycles. The number of nitrogens with one attached hydrogen (secondary N) is 1. The highest BCUT2D eigenvalue weighted by Gasteiger charge is 2.00. The zero-order valence-corrected chi connectivity index (χ0v) is 11.2. The van der Waals surface area contributed by atoms with Crippen LogP contribution >= 0.6 is 0 Å². The second-order valence-corrected chi connectivity index (χ2v) is 4.42. The summed E-state index contributed by atoms with van der Waals surface area (Å²) in [6.07, 6.45) is 3.71. The van der Waals surface area contributed by atoms with Crippen LogP contribution in [-0.4, -0.2) is 12.5 Å². The van der Waals surface area contributed by atoms with E-state index in [1.54, 1.807) is 0 Å². The molecule has 17 heavy (non-hydrogen) atoms. The van der Waals surface area contributed by atoms with E-state index in [0.29, 0.717) is 6.42 Å². The number of amides is 1. The van der Waals surface area contributed by atoms with Gasteiger partial charge in [-0.25, -0.2) is 0 Å². The fourth-order valence-electron chi connectivity index (χ4n) is 1.91. The Hall–Kier alpha value is -1.31. The first kappa shape index (κ1) is 13.8. The van der Waals surface area contributed by atoms with Crippen molar-refractivity contribution < 1.29 is 4.79 Å². The molecule has 0 bridgehead atoms. The molecule has 0 heterocycles. The minimum absolute atomic E-state index is 0.142. The van der Waals surface area contributed by atoms with Crippen LogP contribution in [0.3, 0.4) is 0 Å². The maximum Gasteiger partial charge on any atom is 0.219 e. The van der Waals surface area contributed by atoms with Gasteiger partial charge in [0.05, 0.1) is 0 Å². The van der Waals surface area contributed by atoms with Gasteiger partial charge in [-0.1, -0.05) is 32.0 Å². The van der Waals surface area contributed by atoms with Crippen molar-refractivity contribution in [3.63, 3.8) is 0 Å². The average Bonchev–Trinajstić information content (AvgIpc) is 2.36. The summed E-state index contributed by atoms with van der Waals surface area (Å²) in [7, 11) is 0. The molecule has 2 nitrogen and oxygen atoms in total. The Morgan fingerprint density at radius 1 is 1.29 bits per heavy atom. The van der Waals surface area contributed by atoms with E-state index in [9.17, 15) is 4.79 Å². The maximum atomic E-state index is 11.1. The van der Waals surface area contributed by atoms with Crippen LogP contribution in [0.15, 0.2) is 18.2 Å². The Balaban J connectivity index is 2.39. The van der Waals surface area contributed by atoms with E-state index in [1.165, 1.54) is 16.7 Å². The van der Waals surface area contributed by atoms with Crippen molar-refractivity contribution in [3.8, 4) is 0 Å². The van der Waals surface area contributed by atoms with E-state index in [-0.39, 0.29) is 5.91 Å². The average molecular weight is 233 g/mol. The smallest absolute Gasteiger partial charge is 0.219 e. The Morgan fingerprint density at radius 3 is 2.71 bits per heavy atom. The molecule has 0 saturated carbocycles. The fraction of sp³-hybridized carbons (Fsp3) is 0.533. The SMILES string of the molecule is CCC(=O)NCCCc1ccc(C)c(CC)c1. The van der Waals surface area contributed by atoms with Crippen LogP contribution in [-0.2, 0) is 17.6 Å². The first-order valence-corrected chi connectivity index (χ1v) is 6.52. The van der Waals surface area contributed by atoms with Gasteiger partial charge < -0.3 is 5.32 Å². The van der Waals surface area contributed by atoms with Crippen molar-refractivity contribution >= 4 is 5.91 Å². The van der Waals surface area contributed by atoms with Crippen LogP contribution in [0.1, 0.15) is 43.4 Å². The summed E-state index contributed by atoms with van der Waals surface area (Å²) < 4.78 is 0. The normalized spacial score (nSPS) is 10.3. The van der Waals surface area contributed by atoms with Crippen molar-refractivity contribution in [2.45, 2.75) is 46.5 Å². The van der Waals surface area contributed by atoms with Crippen LogP contribution in [0.2, 0.25) is 0 Å². The molecule has 0 fully saturated rings. The van der Waals surface area contributed by atoms with Gasteiger partial charge >= 0.3 is 0 Å². The van der Waals surface area contributed by atoms with Gasteiger partial charge in [-0.05, 0) is 42.9 Å². The van der Waals surface area contributed by atoms with E-state index < -0.39 is 0 Å². The van der Waals surface area contributed by atoms with Crippen molar-refractivity contribution in [1.82, 2.24) is 5.32 Å². The monoisotopic (exact) mass is 233 g/mol. The first-order valence-electron chi connectivity index (χ1n) is 6.52. The number of carbonyl (C=O) groups excluding carboxylic acids is 1. The third kappa shape index (κ3) is 4.59. The molecular formula is C15H23NO. The van der Waals surface area contributed by atoms with E-state index in [2.05, 4.69) is 37.4 Å². The Morgan fingerprint density at radius 2 is 2.06 bits per heavy atom. The van der Waals surface area contributed by atoms with Gasteiger partial charge in [-0.3, -0.25) is 4.79 Å². The summed E-state index contributed by atoms with van der Waals surface area (Å²) in [4.78, 5) is 11.1. The lowest BCUT2D eigenvalue weighted by atomic mass is 10.0. The van der Waals surface area contributed by atoms with Crippen molar-refractivity contribution in [2.75, 3.05) is 6.54 Å². The third-order valence-electron chi connectivity index (χ3n) is 3.08. The number of hydrogen-bond donors (Lipinski definition) is 1. The molecule has 0 atom stereocenters. The lowest BCUT2D eigenvalue weighted by Crippen LogP contribution is -2.23. The summed E-state index contributed by atoms with van der Waals surface area (Å²) in [6.45, 7) is 7.00. The van der Waals surface area contributed by atoms with Crippen LogP contribution in [0, 0.1) is 6.92 Å². The quantitative estimate of drug-likeness (QED) is 0.752. The van der Waals surface area contributed by atoms with Crippen molar-refractivity contribution in [3.05, 3.63) is 34.9 Å². The van der Waals surface area contributed by atoms with Gasteiger partial charge in [0.15, 0.2) is 0 Å². The topological polar surface area (TPSA) is 29.1 Å². The van der Waals surface area contributed by atoms with Gasteiger partial charge in [0.1, 0.15) is 0 Å². The summed E-state index contributed by atoms with van der Waals surface area (Å²) in [5, 5.41) is 2.90. The van der Waals surface area contributed by atoms with E-state index >= 15 is 0 Å². The van der Waals surface area contributed by atoms with Crippen LogP contribution in [0.25, 0.3) is 0 Å². The molecule has 1 amide bonds. The third-order valence-corrected chi connectivity index (χ3v) is 3.08. The standard InChI is InChI=1S/C15H23NO/c1-4-14-11-13(9-8-12(14)3)7-6-10-16-15(17)5-2/h8-9,11H,4-7,10H2,1-3H3,(H,16,17). The second-order valence-electron chi connectivity index (χ2n) is 4.42. The van der Waals surface area contributed by atoms with Gasteiger partial charge in [-0.2, -0.15) is 0 Å². The first-order chi connectivity index (χ1) is 8.17. The van der Waals surface area contributed by atoms with E-state index in [0.717, 1.165) is 25.8 Å². The van der Waals surface area contributed by atoms with Gasteiger partial charge in [-0.15, -0.1) is 0 Å². The number of aryl methyl sites for hydroxylation is 3. The van der Waals surface area contributed by atoms with E-state index in [1.807, 2.05) is 6.92 Å². The molecule has 1 rings (SSSR count). The molecule has 0 radical (unpaired) electrons. The number of benzene rings is 1. The van der Waals surface area contributed by atoms with Crippen molar-refractivity contribution in [2.24, 2.45) is 0 Å². The minimum Gasteiger partial charge on any atom is -0.356 e. The van der Waals surface area contributed by atoms with Crippen LogP contribution in [0.5, 0.6) is 0 Å². The lowest BCUT2D eigenvalue weighted by Gasteiger charge is -2.07. The Bertz CT molecular complexity index is 371. The van der Waals surface area contributed by atoms with Crippen LogP contribution in [0.4, 0.5) is 0 Å². The number of hydrogen-bond acceptors (Lipinski definition) is 1. The molecule has 1 aromatic rings. The zero-order chi connectivity index (χ0) is 12.7. The molecule has 0 aliphatic carbocycles. The molecule has 0 aromatic heterocycles. The predicted octanol–water partition coefficient (Wildman–Crippen LogP) is 3.02. The molecule has 0 saturated heterocycles. The molecule has 0 unspecified atom stereocenters. The molecule has 0 aliphatic heterocycles. The predicted molar refractivity (Wildman–Crippen MR) is 72.2 cm³/mol. The lowest BCUT2D eigenvalue weighted by molar-refractivity contribution is -0.120. The largest absolute Gasteiger partial charge is 0.356 e. The highest BCUT2D eigenvalue weighted by molar-refractivity contribution is 5.75. The Kier molecular flexibility index (Phi) is 5.75. The molecular weight excluding hydrogens is 210 g/mol. The van der Waals surface area contributed by atoms with Gasteiger partial charge in [0, 0.05) is 13.0 Å². The zero-order valence-electron chi connectivity index (χ0n) is 11.2. The van der Waals surface area contributed by atoms with Gasteiger partial charge in [0.25, 0.3) is 0 Å². The molecule has 94 valence electrons. The molecule has 1 N–H and O–H groups in total. The summed E-state index contributed by atoms with van der Waals surface area (Å²) >= 11 is 0.